The van der Waals surface area contributed by atoms with Crippen molar-refractivity contribution < 1.29 is 24.8 Å². The molecular formula is C18H34O5. The number of hydrogen-bond acceptors (Lipinski definition) is 5. The first-order chi connectivity index (χ1) is 11.2. The maximum atomic E-state index is 9.76. The van der Waals surface area contributed by atoms with Crippen molar-refractivity contribution in [1.82, 2.24) is 0 Å². The van der Waals surface area contributed by atoms with Crippen LogP contribution >= 0.6 is 0 Å². The van der Waals surface area contributed by atoms with Gasteiger partial charge < -0.3 is 24.8 Å². The Bertz CT molecular complexity index is 308. The van der Waals surface area contributed by atoms with Crippen LogP contribution in [0.2, 0.25) is 0 Å². The third-order valence-corrected chi connectivity index (χ3v) is 4.22. The standard InChI is InChI=1S/C18H34O5/c1-2-3-4-5-6-7-8-9-10-11-12-22-16(13-19)18-17(21)15(20)14-23-18/h7-8,15-21H,2-6,9-14H2,1H3/b8-7+/t15-,16+,17+,18+/m0/s1. The molecule has 1 fully saturated rings. The molecule has 4 atom stereocenters. The van der Waals surface area contributed by atoms with Gasteiger partial charge in [0.25, 0.3) is 0 Å². The molecule has 0 aromatic carbocycles. The first kappa shape index (κ1) is 20.6. The van der Waals surface area contributed by atoms with Gasteiger partial charge in [0.05, 0.1) is 13.2 Å². The maximum absolute atomic E-state index is 9.76. The number of aliphatic hydroxyl groups is 3. The van der Waals surface area contributed by atoms with Crippen molar-refractivity contribution in [3.63, 3.8) is 0 Å². The minimum Gasteiger partial charge on any atom is -0.394 e. The zero-order valence-electron chi connectivity index (χ0n) is 14.4. The second-order valence-corrected chi connectivity index (χ2v) is 6.26. The van der Waals surface area contributed by atoms with Gasteiger partial charge in [-0.2, -0.15) is 0 Å². The van der Waals surface area contributed by atoms with Crippen LogP contribution in [0.15, 0.2) is 12.2 Å². The summed E-state index contributed by atoms with van der Waals surface area (Å²) in [4.78, 5) is 0. The molecule has 1 rings (SSSR count). The van der Waals surface area contributed by atoms with Crippen LogP contribution in [0, 0.1) is 0 Å². The Morgan fingerprint density at radius 1 is 1.09 bits per heavy atom. The summed E-state index contributed by atoms with van der Waals surface area (Å²) in [5, 5.41) is 28.6. The molecule has 0 radical (unpaired) electrons. The Labute approximate surface area is 140 Å². The lowest BCUT2D eigenvalue weighted by molar-refractivity contribution is -0.101. The van der Waals surface area contributed by atoms with Gasteiger partial charge in [-0.25, -0.2) is 0 Å². The van der Waals surface area contributed by atoms with Crippen molar-refractivity contribution in [2.24, 2.45) is 0 Å². The third kappa shape index (κ3) is 8.27. The van der Waals surface area contributed by atoms with Gasteiger partial charge in [-0.3, -0.25) is 0 Å². The monoisotopic (exact) mass is 330 g/mol. The van der Waals surface area contributed by atoms with Gasteiger partial charge in [0.2, 0.25) is 0 Å². The van der Waals surface area contributed by atoms with E-state index in [0.29, 0.717) is 6.61 Å². The van der Waals surface area contributed by atoms with Gasteiger partial charge in [0, 0.05) is 6.61 Å². The predicted octanol–water partition coefficient (Wildman–Crippen LogP) is 2.18. The van der Waals surface area contributed by atoms with Crippen molar-refractivity contribution >= 4 is 0 Å². The lowest BCUT2D eigenvalue weighted by Gasteiger charge is -2.24. The summed E-state index contributed by atoms with van der Waals surface area (Å²) < 4.78 is 10.9. The highest BCUT2D eigenvalue weighted by atomic mass is 16.6. The van der Waals surface area contributed by atoms with Crippen LogP contribution in [0.5, 0.6) is 0 Å². The number of allylic oxidation sites excluding steroid dienone is 2. The van der Waals surface area contributed by atoms with Gasteiger partial charge in [0.15, 0.2) is 0 Å². The summed E-state index contributed by atoms with van der Waals surface area (Å²) in [6, 6.07) is 0. The van der Waals surface area contributed by atoms with E-state index in [1.54, 1.807) is 0 Å². The van der Waals surface area contributed by atoms with Crippen LogP contribution in [0.25, 0.3) is 0 Å². The van der Waals surface area contributed by atoms with E-state index < -0.39 is 24.4 Å². The minimum absolute atomic E-state index is 0.0920. The zero-order valence-corrected chi connectivity index (χ0v) is 14.4. The molecule has 5 nitrogen and oxygen atoms in total. The second-order valence-electron chi connectivity index (χ2n) is 6.26. The van der Waals surface area contributed by atoms with Crippen LogP contribution in [0.1, 0.15) is 58.3 Å². The molecule has 0 bridgehead atoms. The fourth-order valence-corrected chi connectivity index (χ4v) is 2.73. The normalized spacial score (nSPS) is 26.2. The molecule has 3 N–H and O–H groups in total. The van der Waals surface area contributed by atoms with Crippen molar-refractivity contribution in [3.05, 3.63) is 12.2 Å². The Kier molecular flexibility index (Phi) is 11.5. The molecule has 136 valence electrons. The highest BCUT2D eigenvalue weighted by molar-refractivity contribution is 4.88. The highest BCUT2D eigenvalue weighted by Gasteiger charge is 2.40. The molecular weight excluding hydrogens is 296 g/mol. The van der Waals surface area contributed by atoms with E-state index in [9.17, 15) is 15.3 Å². The summed E-state index contributed by atoms with van der Waals surface area (Å²) in [5.74, 6) is 0. The molecule has 0 unspecified atom stereocenters. The molecule has 1 aliphatic heterocycles. The van der Waals surface area contributed by atoms with Crippen molar-refractivity contribution in [3.8, 4) is 0 Å². The van der Waals surface area contributed by atoms with Crippen molar-refractivity contribution in [2.45, 2.75) is 82.7 Å². The quantitative estimate of drug-likeness (QED) is 0.356. The molecule has 1 heterocycles. The number of hydrogen-bond donors (Lipinski definition) is 3. The van der Waals surface area contributed by atoms with E-state index in [1.165, 1.54) is 32.1 Å². The van der Waals surface area contributed by atoms with Gasteiger partial charge in [0.1, 0.15) is 24.4 Å². The van der Waals surface area contributed by atoms with Gasteiger partial charge in [-0.1, -0.05) is 38.3 Å². The summed E-state index contributed by atoms with van der Waals surface area (Å²) in [6.07, 6.45) is 10.8. The average molecular weight is 330 g/mol. The molecule has 0 saturated carbocycles. The molecule has 23 heavy (non-hydrogen) atoms. The Balaban J connectivity index is 2.02. The van der Waals surface area contributed by atoms with E-state index >= 15 is 0 Å². The highest BCUT2D eigenvalue weighted by Crippen LogP contribution is 2.19. The molecule has 1 aliphatic rings. The summed E-state index contributed by atoms with van der Waals surface area (Å²) in [6.45, 7) is 2.63. The summed E-state index contributed by atoms with van der Waals surface area (Å²) in [5.41, 5.74) is 0. The minimum atomic E-state index is -0.984. The number of unbranched alkanes of at least 4 members (excludes halogenated alkanes) is 6. The third-order valence-electron chi connectivity index (χ3n) is 4.22. The number of aliphatic hydroxyl groups excluding tert-OH is 3. The molecule has 0 aromatic rings. The number of ether oxygens (including phenoxy) is 2. The molecule has 5 heteroatoms. The summed E-state index contributed by atoms with van der Waals surface area (Å²) in [7, 11) is 0. The Morgan fingerprint density at radius 3 is 2.35 bits per heavy atom. The van der Waals surface area contributed by atoms with E-state index in [-0.39, 0.29) is 13.2 Å². The first-order valence-corrected chi connectivity index (χ1v) is 9.05. The van der Waals surface area contributed by atoms with E-state index in [0.717, 1.165) is 19.3 Å². The SMILES string of the molecule is CCCCCC/C=C/CCCCO[C@H](CO)[C@H]1OC[C@H](O)[C@H]1O. The molecule has 0 spiro atoms. The molecule has 0 amide bonds. The van der Waals surface area contributed by atoms with Crippen LogP contribution in [0.3, 0.4) is 0 Å². The van der Waals surface area contributed by atoms with E-state index in [4.69, 9.17) is 9.47 Å². The fourth-order valence-electron chi connectivity index (χ4n) is 2.73. The Morgan fingerprint density at radius 2 is 1.78 bits per heavy atom. The van der Waals surface area contributed by atoms with Gasteiger partial charge in [-0.05, 0) is 32.1 Å². The van der Waals surface area contributed by atoms with Crippen LogP contribution in [0.4, 0.5) is 0 Å². The largest absolute Gasteiger partial charge is 0.394 e. The topological polar surface area (TPSA) is 79.2 Å². The Hall–Kier alpha value is -0.460. The maximum Gasteiger partial charge on any atom is 0.114 e. The second kappa shape index (κ2) is 12.9. The van der Waals surface area contributed by atoms with E-state index in [2.05, 4.69) is 19.1 Å². The smallest absolute Gasteiger partial charge is 0.114 e. The van der Waals surface area contributed by atoms with Crippen molar-refractivity contribution in [2.75, 3.05) is 19.8 Å². The van der Waals surface area contributed by atoms with Gasteiger partial charge >= 0.3 is 0 Å². The van der Waals surface area contributed by atoms with Crippen LogP contribution < -0.4 is 0 Å². The average Bonchev–Trinajstić information content (AvgIpc) is 2.88. The lowest BCUT2D eigenvalue weighted by Crippen LogP contribution is -2.42. The van der Waals surface area contributed by atoms with Crippen LogP contribution in [-0.2, 0) is 9.47 Å². The first-order valence-electron chi connectivity index (χ1n) is 9.05. The number of rotatable bonds is 13. The zero-order chi connectivity index (χ0) is 16.9. The van der Waals surface area contributed by atoms with Crippen LogP contribution in [-0.4, -0.2) is 59.6 Å². The van der Waals surface area contributed by atoms with Gasteiger partial charge in [-0.15, -0.1) is 0 Å². The van der Waals surface area contributed by atoms with E-state index in [1.807, 2.05) is 0 Å². The molecule has 0 aliphatic carbocycles. The molecule has 1 saturated heterocycles. The molecule has 0 aromatic heterocycles. The summed E-state index contributed by atoms with van der Waals surface area (Å²) >= 11 is 0. The fraction of sp³-hybridized carbons (Fsp3) is 0.889. The lowest BCUT2D eigenvalue weighted by atomic mass is 10.1. The van der Waals surface area contributed by atoms with Crippen molar-refractivity contribution in [1.29, 1.82) is 0 Å². The predicted molar refractivity (Wildman–Crippen MR) is 90.3 cm³/mol.